The Labute approximate surface area is 153 Å². The van der Waals surface area contributed by atoms with Crippen LogP contribution in [0.2, 0.25) is 0 Å². The molecule has 0 bridgehead atoms. The number of carbonyl (C=O) groups excluding carboxylic acids is 1. The number of amides is 1. The van der Waals surface area contributed by atoms with E-state index in [1.165, 1.54) is 12.1 Å². The highest BCUT2D eigenvalue weighted by Crippen LogP contribution is 2.29. The number of nitrogens with zero attached hydrogens (tertiary/aromatic N) is 1. The minimum absolute atomic E-state index is 0.00751. The van der Waals surface area contributed by atoms with Crippen LogP contribution in [0.25, 0.3) is 0 Å². The monoisotopic (exact) mass is 374 g/mol. The normalized spacial score (nSPS) is 15.6. The summed E-state index contributed by atoms with van der Waals surface area (Å²) in [5.74, 6) is 0.536. The van der Waals surface area contributed by atoms with Gasteiger partial charge < -0.3 is 9.64 Å². The van der Waals surface area contributed by atoms with Crippen LogP contribution in [0.15, 0.2) is 53.4 Å². The van der Waals surface area contributed by atoms with Gasteiger partial charge in [-0.15, -0.1) is 0 Å². The fraction of sp³-hybridized carbons (Fsp3) is 0.316. The molecule has 7 heteroatoms. The predicted molar refractivity (Wildman–Crippen MR) is 99.5 cm³/mol. The van der Waals surface area contributed by atoms with Crippen LogP contribution in [0.3, 0.4) is 0 Å². The summed E-state index contributed by atoms with van der Waals surface area (Å²) in [4.78, 5) is 14.2. The van der Waals surface area contributed by atoms with Crippen molar-refractivity contribution in [3.8, 4) is 5.75 Å². The molecule has 26 heavy (non-hydrogen) atoms. The first-order valence-corrected chi connectivity index (χ1v) is 10.0. The third-order valence-corrected chi connectivity index (χ3v) is 5.90. The van der Waals surface area contributed by atoms with E-state index in [1.54, 1.807) is 41.3 Å². The highest BCUT2D eigenvalue weighted by atomic mass is 32.2. The lowest BCUT2D eigenvalue weighted by Crippen LogP contribution is -2.39. The maximum atomic E-state index is 12.5. The van der Waals surface area contributed by atoms with Crippen LogP contribution in [0.1, 0.15) is 25.8 Å². The molecule has 0 spiro atoms. The minimum atomic E-state index is -3.67. The topological polar surface area (TPSA) is 75.7 Å². The molecule has 2 aromatic carbocycles. The largest absolute Gasteiger partial charge is 0.483 e. The maximum Gasteiger partial charge on any atom is 0.261 e. The molecular weight excluding hydrogens is 352 g/mol. The quantitative estimate of drug-likeness (QED) is 0.873. The lowest BCUT2D eigenvalue weighted by molar-refractivity contribution is -0.135. The Morgan fingerprint density at radius 1 is 1.19 bits per heavy atom. The number of ether oxygens (including phenoxy) is 1. The average Bonchev–Trinajstić information content (AvgIpc) is 2.80. The highest BCUT2D eigenvalue weighted by Gasteiger charge is 2.25. The van der Waals surface area contributed by atoms with Crippen LogP contribution in [-0.4, -0.2) is 31.9 Å². The van der Waals surface area contributed by atoms with Crippen LogP contribution >= 0.6 is 0 Å². The van der Waals surface area contributed by atoms with Crippen molar-refractivity contribution < 1.29 is 17.9 Å². The number of hydrogen-bond donors (Lipinski definition) is 1. The number of anilines is 1. The molecule has 2 aromatic rings. The van der Waals surface area contributed by atoms with E-state index in [1.807, 2.05) is 13.8 Å². The standard InChI is InChI=1S/C19H22N2O4S/c1-3-14(2)21-12-15-11-16(9-10-18(15)25-13-19(21)22)20-26(23,24)17-7-5-4-6-8-17/h4-11,14,20H,3,12-13H2,1-2H3. The molecule has 1 N–H and O–H groups in total. The zero-order chi connectivity index (χ0) is 18.7. The van der Waals surface area contributed by atoms with E-state index in [-0.39, 0.29) is 23.5 Å². The molecule has 0 aliphatic carbocycles. The molecule has 1 unspecified atom stereocenters. The number of fused-ring (bicyclic) bond motifs is 1. The van der Waals surface area contributed by atoms with Crippen LogP contribution in [-0.2, 0) is 21.4 Å². The molecule has 0 radical (unpaired) electrons. The van der Waals surface area contributed by atoms with Gasteiger partial charge in [0.25, 0.3) is 15.9 Å². The van der Waals surface area contributed by atoms with Crippen molar-refractivity contribution in [2.24, 2.45) is 0 Å². The first-order valence-electron chi connectivity index (χ1n) is 8.54. The smallest absolute Gasteiger partial charge is 0.261 e. The first-order chi connectivity index (χ1) is 12.4. The summed E-state index contributed by atoms with van der Waals surface area (Å²) in [5.41, 5.74) is 1.22. The molecule has 3 rings (SSSR count). The van der Waals surface area contributed by atoms with Gasteiger partial charge in [-0.25, -0.2) is 8.42 Å². The van der Waals surface area contributed by atoms with Gasteiger partial charge in [0.15, 0.2) is 6.61 Å². The third-order valence-electron chi connectivity index (χ3n) is 4.50. The Bertz CT molecular complexity index is 897. The third kappa shape index (κ3) is 3.83. The number of carbonyl (C=O) groups is 1. The molecule has 1 heterocycles. The zero-order valence-corrected chi connectivity index (χ0v) is 15.6. The fourth-order valence-corrected chi connectivity index (χ4v) is 3.91. The van der Waals surface area contributed by atoms with Crippen molar-refractivity contribution in [1.29, 1.82) is 0 Å². The van der Waals surface area contributed by atoms with Gasteiger partial charge in [0.2, 0.25) is 0 Å². The molecule has 0 aromatic heterocycles. The number of hydrogen-bond acceptors (Lipinski definition) is 4. The molecule has 1 atom stereocenters. The van der Waals surface area contributed by atoms with Crippen molar-refractivity contribution in [1.82, 2.24) is 4.90 Å². The van der Waals surface area contributed by atoms with Crippen molar-refractivity contribution >= 4 is 21.6 Å². The molecule has 138 valence electrons. The van der Waals surface area contributed by atoms with Crippen LogP contribution in [0, 0.1) is 0 Å². The summed E-state index contributed by atoms with van der Waals surface area (Å²) in [7, 11) is -3.67. The lowest BCUT2D eigenvalue weighted by atomic mass is 10.1. The molecular formula is C19H22N2O4S. The van der Waals surface area contributed by atoms with Crippen LogP contribution in [0.4, 0.5) is 5.69 Å². The van der Waals surface area contributed by atoms with E-state index in [0.717, 1.165) is 12.0 Å². The summed E-state index contributed by atoms with van der Waals surface area (Å²) in [6.45, 7) is 4.40. The molecule has 0 fully saturated rings. The molecule has 1 amide bonds. The molecule has 6 nitrogen and oxygen atoms in total. The second-order valence-electron chi connectivity index (χ2n) is 6.31. The summed E-state index contributed by atoms with van der Waals surface area (Å²) in [6.07, 6.45) is 0.835. The van der Waals surface area contributed by atoms with E-state index in [2.05, 4.69) is 4.72 Å². The van der Waals surface area contributed by atoms with Gasteiger partial charge >= 0.3 is 0 Å². The van der Waals surface area contributed by atoms with Crippen molar-refractivity contribution in [3.63, 3.8) is 0 Å². The van der Waals surface area contributed by atoms with E-state index in [0.29, 0.717) is 18.0 Å². The van der Waals surface area contributed by atoms with E-state index in [4.69, 9.17) is 4.74 Å². The lowest BCUT2D eigenvalue weighted by Gasteiger charge is -2.26. The van der Waals surface area contributed by atoms with Gasteiger partial charge in [-0.1, -0.05) is 25.1 Å². The van der Waals surface area contributed by atoms with Crippen molar-refractivity contribution in [2.45, 2.75) is 37.8 Å². The van der Waals surface area contributed by atoms with Crippen LogP contribution in [0.5, 0.6) is 5.75 Å². The molecule has 1 aliphatic heterocycles. The summed E-state index contributed by atoms with van der Waals surface area (Å²) in [6, 6.07) is 13.3. The highest BCUT2D eigenvalue weighted by molar-refractivity contribution is 7.92. The van der Waals surface area contributed by atoms with Gasteiger partial charge in [-0.2, -0.15) is 0 Å². The van der Waals surface area contributed by atoms with Gasteiger partial charge in [0, 0.05) is 23.8 Å². The van der Waals surface area contributed by atoms with Crippen molar-refractivity contribution in [3.05, 3.63) is 54.1 Å². The van der Waals surface area contributed by atoms with E-state index in [9.17, 15) is 13.2 Å². The molecule has 1 aliphatic rings. The summed E-state index contributed by atoms with van der Waals surface area (Å²) < 4.78 is 33.2. The first kappa shape index (κ1) is 18.3. The maximum absolute atomic E-state index is 12.5. The summed E-state index contributed by atoms with van der Waals surface area (Å²) in [5, 5.41) is 0. The minimum Gasteiger partial charge on any atom is -0.483 e. The fourth-order valence-electron chi connectivity index (χ4n) is 2.84. The Morgan fingerprint density at radius 2 is 1.92 bits per heavy atom. The summed E-state index contributed by atoms with van der Waals surface area (Å²) >= 11 is 0. The number of rotatable bonds is 5. The van der Waals surface area contributed by atoms with E-state index < -0.39 is 10.0 Å². The van der Waals surface area contributed by atoms with Gasteiger partial charge in [0.05, 0.1) is 4.90 Å². The Morgan fingerprint density at radius 3 is 2.62 bits per heavy atom. The Kier molecular flexibility index (Phi) is 5.18. The van der Waals surface area contributed by atoms with Gasteiger partial charge in [-0.3, -0.25) is 9.52 Å². The van der Waals surface area contributed by atoms with Crippen LogP contribution < -0.4 is 9.46 Å². The number of sulfonamides is 1. The van der Waals surface area contributed by atoms with Crippen molar-refractivity contribution in [2.75, 3.05) is 11.3 Å². The Hall–Kier alpha value is -2.54. The molecule has 0 saturated heterocycles. The number of nitrogens with one attached hydrogen (secondary N) is 1. The van der Waals surface area contributed by atoms with E-state index >= 15 is 0 Å². The zero-order valence-electron chi connectivity index (χ0n) is 14.8. The Balaban J connectivity index is 1.88. The SMILES string of the molecule is CCC(C)N1Cc2cc(NS(=O)(=O)c3ccccc3)ccc2OCC1=O. The second-order valence-corrected chi connectivity index (χ2v) is 7.99. The molecule has 0 saturated carbocycles. The second kappa shape index (κ2) is 7.37. The predicted octanol–water partition coefficient (Wildman–Crippen LogP) is 3.01. The van der Waals surface area contributed by atoms with Gasteiger partial charge in [0.1, 0.15) is 5.75 Å². The van der Waals surface area contributed by atoms with Gasteiger partial charge in [-0.05, 0) is 43.7 Å². The number of benzene rings is 2. The average molecular weight is 374 g/mol.